The van der Waals surface area contributed by atoms with Gasteiger partial charge in [0.25, 0.3) is 5.91 Å². The Labute approximate surface area is 115 Å². The lowest BCUT2D eigenvalue weighted by molar-refractivity contribution is 0.0949. The van der Waals surface area contributed by atoms with Crippen molar-refractivity contribution < 1.29 is 9.00 Å². The second-order valence-corrected chi connectivity index (χ2v) is 5.73. The third-order valence-corrected chi connectivity index (χ3v) is 3.76. The van der Waals surface area contributed by atoms with Crippen molar-refractivity contribution in [2.45, 2.75) is 12.2 Å². The first kappa shape index (κ1) is 15.3. The Hall–Kier alpha value is -1.71. The first-order valence-corrected chi connectivity index (χ1v) is 7.42. The van der Waals surface area contributed by atoms with Crippen molar-refractivity contribution in [3.05, 3.63) is 29.6 Å². The number of pyridine rings is 1. The van der Waals surface area contributed by atoms with E-state index >= 15 is 0 Å². The summed E-state index contributed by atoms with van der Waals surface area (Å²) in [7, 11) is -0.973. The molecule has 0 saturated heterocycles. The van der Waals surface area contributed by atoms with Crippen molar-refractivity contribution in [3.8, 4) is 11.8 Å². The topological polar surface area (TPSA) is 85.1 Å². The molecule has 0 aromatic carbocycles. The summed E-state index contributed by atoms with van der Waals surface area (Å²) in [6, 6.07) is 3.42. The highest BCUT2D eigenvalue weighted by Crippen LogP contribution is 2.03. The van der Waals surface area contributed by atoms with Crippen LogP contribution in [0.4, 0.5) is 0 Å². The van der Waals surface area contributed by atoms with Crippen LogP contribution in [0.15, 0.2) is 18.3 Å². The van der Waals surface area contributed by atoms with Gasteiger partial charge in [-0.2, -0.15) is 0 Å². The average Bonchev–Trinajstić information content (AvgIpc) is 2.42. The van der Waals surface area contributed by atoms with Gasteiger partial charge in [0.1, 0.15) is 5.69 Å². The van der Waals surface area contributed by atoms with Crippen LogP contribution < -0.4 is 11.1 Å². The lowest BCUT2D eigenvalue weighted by atomic mass is 10.2. The van der Waals surface area contributed by atoms with Crippen LogP contribution in [0, 0.1) is 11.8 Å². The summed E-state index contributed by atoms with van der Waals surface area (Å²) in [5.74, 6) is 5.18. The highest BCUT2D eigenvalue weighted by atomic mass is 32.2. The van der Waals surface area contributed by atoms with Gasteiger partial charge < -0.3 is 11.1 Å². The molecule has 102 valence electrons. The molecule has 0 aliphatic heterocycles. The minimum Gasteiger partial charge on any atom is -0.349 e. The van der Waals surface area contributed by atoms with Crippen molar-refractivity contribution in [2.24, 2.45) is 5.73 Å². The Kier molecular flexibility index (Phi) is 6.19. The molecule has 0 radical (unpaired) electrons. The second kappa shape index (κ2) is 7.67. The largest absolute Gasteiger partial charge is 0.349 e. The molecule has 1 rings (SSSR count). The van der Waals surface area contributed by atoms with Crippen LogP contribution in [0.1, 0.15) is 23.0 Å². The van der Waals surface area contributed by atoms with Gasteiger partial charge in [0.15, 0.2) is 0 Å². The van der Waals surface area contributed by atoms with Crippen LogP contribution in [-0.2, 0) is 10.8 Å². The number of nitrogens with two attached hydrogens (primary N) is 1. The van der Waals surface area contributed by atoms with E-state index < -0.39 is 10.8 Å². The first-order valence-electron chi connectivity index (χ1n) is 5.80. The number of hydrogen-bond donors (Lipinski definition) is 2. The van der Waals surface area contributed by atoms with Crippen LogP contribution in [0.25, 0.3) is 0 Å². The van der Waals surface area contributed by atoms with E-state index in [1.165, 1.54) is 6.20 Å². The molecule has 2 unspecified atom stereocenters. The normalized spacial score (nSPS) is 13.0. The highest BCUT2D eigenvalue weighted by molar-refractivity contribution is 7.84. The predicted molar refractivity (Wildman–Crippen MR) is 76.0 cm³/mol. The van der Waals surface area contributed by atoms with Gasteiger partial charge in [-0.25, -0.2) is 4.98 Å². The van der Waals surface area contributed by atoms with E-state index in [2.05, 4.69) is 22.1 Å². The minimum atomic E-state index is -0.973. The summed E-state index contributed by atoms with van der Waals surface area (Å²) in [5.41, 5.74) is 6.11. The van der Waals surface area contributed by atoms with Crippen LogP contribution >= 0.6 is 0 Å². The summed E-state index contributed by atoms with van der Waals surface area (Å²) in [6.07, 6.45) is 3.14. The lowest BCUT2D eigenvalue weighted by Crippen LogP contribution is -2.33. The fourth-order valence-corrected chi connectivity index (χ4v) is 1.59. The zero-order valence-corrected chi connectivity index (χ0v) is 11.8. The standard InChI is InChI=1S/C13H17N3O2S/c1-10(19(2)18)9-16-13(17)12-11(5-3-7-14)6-4-8-15-12/h4,6,8,10H,7,9,14H2,1-2H3,(H,16,17). The number of carbonyl (C=O) groups is 1. The number of hydrogen-bond acceptors (Lipinski definition) is 4. The second-order valence-electron chi connectivity index (χ2n) is 3.92. The van der Waals surface area contributed by atoms with Crippen molar-refractivity contribution in [1.82, 2.24) is 10.3 Å². The molecule has 19 heavy (non-hydrogen) atoms. The van der Waals surface area contributed by atoms with Crippen molar-refractivity contribution in [2.75, 3.05) is 19.3 Å². The molecule has 1 amide bonds. The molecule has 0 aliphatic carbocycles. The quantitative estimate of drug-likeness (QED) is 0.753. The molecule has 0 bridgehead atoms. The van der Waals surface area contributed by atoms with Crippen LogP contribution in [0.3, 0.4) is 0 Å². The summed E-state index contributed by atoms with van der Waals surface area (Å²) in [4.78, 5) is 16.0. The Morgan fingerprint density at radius 1 is 1.63 bits per heavy atom. The predicted octanol–water partition coefficient (Wildman–Crippen LogP) is -0.111. The maximum absolute atomic E-state index is 12.0. The Morgan fingerprint density at radius 2 is 2.37 bits per heavy atom. The van der Waals surface area contributed by atoms with Crippen molar-refractivity contribution in [1.29, 1.82) is 0 Å². The molecular formula is C13H17N3O2S. The molecule has 0 aliphatic rings. The Bertz CT molecular complexity index is 534. The summed E-state index contributed by atoms with van der Waals surface area (Å²) in [5, 5.41) is 2.60. The summed E-state index contributed by atoms with van der Waals surface area (Å²) >= 11 is 0. The van der Waals surface area contributed by atoms with Crippen LogP contribution in [0.5, 0.6) is 0 Å². The Morgan fingerprint density at radius 3 is 3.00 bits per heavy atom. The number of amides is 1. The zero-order valence-electron chi connectivity index (χ0n) is 11.0. The van der Waals surface area contributed by atoms with Gasteiger partial charge in [0, 0.05) is 35.0 Å². The third kappa shape index (κ3) is 4.81. The lowest BCUT2D eigenvalue weighted by Gasteiger charge is -2.10. The summed E-state index contributed by atoms with van der Waals surface area (Å²) in [6.45, 7) is 2.37. The average molecular weight is 279 g/mol. The molecule has 1 aromatic rings. The van der Waals surface area contributed by atoms with Gasteiger partial charge in [0.05, 0.1) is 12.1 Å². The molecular weight excluding hydrogens is 262 g/mol. The number of nitrogens with zero attached hydrogens (tertiary/aromatic N) is 1. The smallest absolute Gasteiger partial charge is 0.271 e. The molecule has 0 spiro atoms. The Balaban J connectivity index is 2.79. The maximum Gasteiger partial charge on any atom is 0.271 e. The highest BCUT2D eigenvalue weighted by Gasteiger charge is 2.13. The van der Waals surface area contributed by atoms with E-state index in [1.54, 1.807) is 18.4 Å². The fourth-order valence-electron chi connectivity index (χ4n) is 1.27. The van der Waals surface area contributed by atoms with Crippen LogP contribution in [-0.4, -0.2) is 39.7 Å². The molecule has 1 aromatic heterocycles. The van der Waals surface area contributed by atoms with Crippen molar-refractivity contribution in [3.63, 3.8) is 0 Å². The van der Waals surface area contributed by atoms with Gasteiger partial charge in [-0.15, -0.1) is 0 Å². The van der Waals surface area contributed by atoms with E-state index in [9.17, 15) is 9.00 Å². The summed E-state index contributed by atoms with van der Waals surface area (Å²) < 4.78 is 11.2. The molecule has 5 nitrogen and oxygen atoms in total. The minimum absolute atomic E-state index is 0.105. The molecule has 0 fully saturated rings. The molecule has 3 N–H and O–H groups in total. The SMILES string of the molecule is CC(CNC(=O)c1ncccc1C#CCN)S(C)=O. The molecule has 1 heterocycles. The van der Waals surface area contributed by atoms with E-state index in [4.69, 9.17) is 5.73 Å². The van der Waals surface area contributed by atoms with Gasteiger partial charge >= 0.3 is 0 Å². The van der Waals surface area contributed by atoms with Gasteiger partial charge in [-0.05, 0) is 19.1 Å². The van der Waals surface area contributed by atoms with E-state index in [1.807, 2.05) is 6.92 Å². The number of rotatable bonds is 4. The first-order chi connectivity index (χ1) is 9.06. The molecule has 0 saturated carbocycles. The molecule has 6 heteroatoms. The molecule has 2 atom stereocenters. The van der Waals surface area contributed by atoms with Gasteiger partial charge in [-0.1, -0.05) is 11.8 Å². The zero-order chi connectivity index (χ0) is 14.3. The van der Waals surface area contributed by atoms with E-state index in [-0.39, 0.29) is 23.4 Å². The number of nitrogens with one attached hydrogen (secondary N) is 1. The van der Waals surface area contributed by atoms with Crippen LogP contribution in [0.2, 0.25) is 0 Å². The number of carbonyl (C=O) groups excluding carboxylic acids is 1. The maximum atomic E-state index is 12.0. The van der Waals surface area contributed by atoms with Gasteiger partial charge in [-0.3, -0.25) is 9.00 Å². The van der Waals surface area contributed by atoms with Gasteiger partial charge in [0.2, 0.25) is 0 Å². The van der Waals surface area contributed by atoms with E-state index in [0.29, 0.717) is 12.1 Å². The van der Waals surface area contributed by atoms with E-state index in [0.717, 1.165) is 0 Å². The van der Waals surface area contributed by atoms with Crippen molar-refractivity contribution >= 4 is 16.7 Å². The monoisotopic (exact) mass is 279 g/mol. The number of aromatic nitrogens is 1. The fraction of sp³-hybridized carbons (Fsp3) is 0.385. The third-order valence-electron chi connectivity index (χ3n) is 2.46.